The maximum absolute atomic E-state index is 11.6. The van der Waals surface area contributed by atoms with Crippen LogP contribution in [0.5, 0.6) is 11.5 Å². The number of methoxy groups -OCH3 is 1. The summed E-state index contributed by atoms with van der Waals surface area (Å²) in [5.41, 5.74) is 0.894. The van der Waals surface area contributed by atoms with Crippen molar-refractivity contribution in [3.8, 4) is 11.5 Å². The number of ether oxygens (including phenoxy) is 3. The van der Waals surface area contributed by atoms with E-state index in [0.29, 0.717) is 42.1 Å². The molecule has 5 nitrogen and oxygen atoms in total. The van der Waals surface area contributed by atoms with E-state index >= 15 is 0 Å². The van der Waals surface area contributed by atoms with Gasteiger partial charge in [0.25, 0.3) is 0 Å². The van der Waals surface area contributed by atoms with E-state index in [-0.39, 0.29) is 5.97 Å². The lowest BCUT2D eigenvalue weighted by molar-refractivity contribution is -0.143. The zero-order chi connectivity index (χ0) is 14.8. The average Bonchev–Trinajstić information content (AvgIpc) is 3.21. The zero-order valence-corrected chi connectivity index (χ0v) is 12.6. The van der Waals surface area contributed by atoms with E-state index in [9.17, 15) is 4.79 Å². The predicted octanol–water partition coefficient (Wildman–Crippen LogP) is 2.29. The number of esters is 1. The fourth-order valence-electron chi connectivity index (χ4n) is 2.31. The summed E-state index contributed by atoms with van der Waals surface area (Å²) >= 11 is 6.12. The summed E-state index contributed by atoms with van der Waals surface area (Å²) in [5, 5.41) is 4.00. The average molecular weight is 312 g/mol. The molecule has 1 aromatic rings. The second kappa shape index (κ2) is 6.12. The topological polar surface area (TPSA) is 56.8 Å². The van der Waals surface area contributed by atoms with Gasteiger partial charge in [0.1, 0.15) is 0 Å². The molecule has 1 heterocycles. The van der Waals surface area contributed by atoms with Crippen LogP contribution in [0.15, 0.2) is 12.1 Å². The van der Waals surface area contributed by atoms with Gasteiger partial charge in [-0.3, -0.25) is 0 Å². The van der Waals surface area contributed by atoms with Gasteiger partial charge in [0.2, 0.25) is 0 Å². The SMILES string of the molecule is COc1cc(Cl)cc(CNC2CC2)c1OC1CCOC1=O. The normalized spacial score (nSPS) is 21.2. The zero-order valence-electron chi connectivity index (χ0n) is 11.9. The Morgan fingerprint density at radius 3 is 2.81 bits per heavy atom. The molecule has 1 saturated heterocycles. The number of nitrogens with one attached hydrogen (secondary N) is 1. The van der Waals surface area contributed by atoms with Crippen LogP contribution in [0.25, 0.3) is 0 Å². The van der Waals surface area contributed by atoms with E-state index in [2.05, 4.69) is 5.32 Å². The molecule has 6 heteroatoms. The molecule has 1 aliphatic heterocycles. The fraction of sp³-hybridized carbons (Fsp3) is 0.533. The van der Waals surface area contributed by atoms with Crippen molar-refractivity contribution in [3.05, 3.63) is 22.7 Å². The van der Waals surface area contributed by atoms with Gasteiger partial charge in [0, 0.05) is 35.7 Å². The smallest absolute Gasteiger partial charge is 0.347 e. The lowest BCUT2D eigenvalue weighted by Crippen LogP contribution is -2.24. The molecule has 2 aliphatic rings. The van der Waals surface area contributed by atoms with Crippen molar-refractivity contribution in [2.24, 2.45) is 0 Å². The van der Waals surface area contributed by atoms with Crippen LogP contribution in [0.1, 0.15) is 24.8 Å². The van der Waals surface area contributed by atoms with Crippen LogP contribution in [0.4, 0.5) is 0 Å². The van der Waals surface area contributed by atoms with E-state index in [0.717, 1.165) is 5.56 Å². The van der Waals surface area contributed by atoms with Crippen LogP contribution >= 0.6 is 11.6 Å². The summed E-state index contributed by atoms with van der Waals surface area (Å²) in [7, 11) is 1.56. The minimum atomic E-state index is -0.570. The number of halogens is 1. The molecule has 0 amide bonds. The fourth-order valence-corrected chi connectivity index (χ4v) is 2.54. The molecule has 1 saturated carbocycles. The number of carbonyl (C=O) groups excluding carboxylic acids is 1. The van der Waals surface area contributed by atoms with Gasteiger partial charge in [-0.25, -0.2) is 4.79 Å². The molecule has 1 unspecified atom stereocenters. The quantitative estimate of drug-likeness (QED) is 0.817. The van der Waals surface area contributed by atoms with Crippen molar-refractivity contribution >= 4 is 17.6 Å². The van der Waals surface area contributed by atoms with E-state index in [1.807, 2.05) is 6.07 Å². The Labute approximate surface area is 128 Å². The monoisotopic (exact) mass is 311 g/mol. The van der Waals surface area contributed by atoms with Crippen molar-refractivity contribution in [3.63, 3.8) is 0 Å². The highest BCUT2D eigenvalue weighted by atomic mass is 35.5. The number of cyclic esters (lactones) is 1. The van der Waals surface area contributed by atoms with Crippen LogP contribution in [-0.4, -0.2) is 31.8 Å². The molecule has 114 valence electrons. The van der Waals surface area contributed by atoms with E-state index in [1.165, 1.54) is 12.8 Å². The highest BCUT2D eigenvalue weighted by molar-refractivity contribution is 6.30. The van der Waals surface area contributed by atoms with Crippen LogP contribution in [0.3, 0.4) is 0 Å². The molecule has 0 spiro atoms. The number of carbonyl (C=O) groups is 1. The summed E-state index contributed by atoms with van der Waals surface area (Å²) < 4.78 is 16.1. The highest BCUT2D eigenvalue weighted by Crippen LogP contribution is 2.36. The van der Waals surface area contributed by atoms with Crippen molar-refractivity contribution in [1.82, 2.24) is 5.32 Å². The van der Waals surface area contributed by atoms with Crippen molar-refractivity contribution in [1.29, 1.82) is 0 Å². The number of benzene rings is 1. The lowest BCUT2D eigenvalue weighted by Gasteiger charge is -2.18. The lowest BCUT2D eigenvalue weighted by atomic mass is 10.1. The highest BCUT2D eigenvalue weighted by Gasteiger charge is 2.30. The maximum Gasteiger partial charge on any atom is 0.347 e. The Morgan fingerprint density at radius 1 is 1.38 bits per heavy atom. The Balaban J connectivity index is 1.84. The molecular formula is C15H18ClNO4. The first-order valence-corrected chi connectivity index (χ1v) is 7.48. The summed E-state index contributed by atoms with van der Waals surface area (Å²) in [6.07, 6.45) is 2.38. The largest absolute Gasteiger partial charge is 0.493 e. The van der Waals surface area contributed by atoms with Crippen LogP contribution in [-0.2, 0) is 16.1 Å². The third-order valence-corrected chi connectivity index (χ3v) is 3.84. The van der Waals surface area contributed by atoms with Gasteiger partial charge in [-0.05, 0) is 18.9 Å². The number of hydrogen-bond acceptors (Lipinski definition) is 5. The van der Waals surface area contributed by atoms with Crippen molar-refractivity contribution < 1.29 is 19.0 Å². The number of hydrogen-bond donors (Lipinski definition) is 1. The van der Waals surface area contributed by atoms with Gasteiger partial charge in [-0.1, -0.05) is 11.6 Å². The minimum Gasteiger partial charge on any atom is -0.493 e. The van der Waals surface area contributed by atoms with Gasteiger partial charge < -0.3 is 19.5 Å². The van der Waals surface area contributed by atoms with Gasteiger partial charge in [0.05, 0.1) is 13.7 Å². The van der Waals surface area contributed by atoms with E-state index in [1.54, 1.807) is 13.2 Å². The predicted molar refractivity (Wildman–Crippen MR) is 77.9 cm³/mol. The Kier molecular flexibility index (Phi) is 4.22. The summed E-state index contributed by atoms with van der Waals surface area (Å²) in [4.78, 5) is 11.6. The molecule has 3 rings (SSSR count). The Bertz CT molecular complexity index is 545. The molecule has 1 atom stereocenters. The van der Waals surface area contributed by atoms with E-state index in [4.69, 9.17) is 25.8 Å². The molecule has 1 N–H and O–H groups in total. The molecule has 1 aliphatic carbocycles. The standard InChI is InChI=1S/C15H18ClNO4/c1-19-13-7-10(16)6-9(8-17-11-2-3-11)14(13)21-12-4-5-20-15(12)18/h6-7,11-12,17H,2-5,8H2,1H3. The van der Waals surface area contributed by atoms with Crippen molar-refractivity contribution in [2.75, 3.05) is 13.7 Å². The molecule has 21 heavy (non-hydrogen) atoms. The Hall–Kier alpha value is -1.46. The number of rotatable bonds is 6. The molecule has 0 aromatic heterocycles. The molecular weight excluding hydrogens is 294 g/mol. The summed E-state index contributed by atoms with van der Waals surface area (Å²) in [6, 6.07) is 4.10. The van der Waals surface area contributed by atoms with Crippen LogP contribution < -0.4 is 14.8 Å². The first-order valence-electron chi connectivity index (χ1n) is 7.10. The van der Waals surface area contributed by atoms with Gasteiger partial charge >= 0.3 is 5.97 Å². The molecule has 0 bridgehead atoms. The Morgan fingerprint density at radius 2 is 2.19 bits per heavy atom. The summed E-state index contributed by atoms with van der Waals surface area (Å²) in [6.45, 7) is 1.04. The van der Waals surface area contributed by atoms with Gasteiger partial charge in [0.15, 0.2) is 17.6 Å². The second-order valence-corrected chi connectivity index (χ2v) is 5.75. The van der Waals surface area contributed by atoms with Crippen LogP contribution in [0, 0.1) is 0 Å². The minimum absolute atomic E-state index is 0.326. The van der Waals surface area contributed by atoms with Crippen LogP contribution in [0.2, 0.25) is 5.02 Å². The first kappa shape index (κ1) is 14.5. The molecule has 2 fully saturated rings. The molecule has 1 aromatic carbocycles. The van der Waals surface area contributed by atoms with Crippen molar-refractivity contribution in [2.45, 2.75) is 38.0 Å². The summed E-state index contributed by atoms with van der Waals surface area (Å²) in [5.74, 6) is 0.779. The molecule has 0 radical (unpaired) electrons. The third kappa shape index (κ3) is 3.41. The van der Waals surface area contributed by atoms with Gasteiger partial charge in [-0.2, -0.15) is 0 Å². The second-order valence-electron chi connectivity index (χ2n) is 5.31. The third-order valence-electron chi connectivity index (χ3n) is 3.62. The first-order chi connectivity index (χ1) is 10.2. The maximum atomic E-state index is 11.6. The van der Waals surface area contributed by atoms with E-state index < -0.39 is 6.10 Å². The van der Waals surface area contributed by atoms with Gasteiger partial charge in [-0.15, -0.1) is 0 Å².